The summed E-state index contributed by atoms with van der Waals surface area (Å²) in [5, 5.41) is 0. The Morgan fingerprint density at radius 2 is 1.29 bits per heavy atom. The second kappa shape index (κ2) is 16.6. The van der Waals surface area contributed by atoms with Crippen LogP contribution in [0.15, 0.2) is 0 Å². The van der Waals surface area contributed by atoms with Crippen LogP contribution < -0.4 is 5.73 Å². The average molecular weight is 401 g/mol. The molecule has 0 fully saturated rings. The smallest absolute Gasteiger partial charge is 0.332 e. The molecule has 1 atom stereocenters. The molecule has 0 aromatic carbocycles. The zero-order valence-corrected chi connectivity index (χ0v) is 18.2. The summed E-state index contributed by atoms with van der Waals surface area (Å²) < 4.78 is 24.2. The fraction of sp³-hybridized carbons (Fsp3) is 0.857. The van der Waals surface area contributed by atoms with Crippen LogP contribution >= 0.6 is 0 Å². The van der Waals surface area contributed by atoms with Gasteiger partial charge in [-0.2, -0.15) is 0 Å². The lowest BCUT2D eigenvalue weighted by atomic mass is 10.3. The van der Waals surface area contributed by atoms with Gasteiger partial charge in [-0.05, 0) is 25.7 Å². The van der Waals surface area contributed by atoms with Gasteiger partial charge in [-0.15, -0.1) is 0 Å². The number of hydrogen-bond acceptors (Lipinski definition) is 5. The predicted molar refractivity (Wildman–Crippen MR) is 110 cm³/mol. The number of hydrogen-bond donors (Lipinski definition) is 1. The van der Waals surface area contributed by atoms with E-state index in [1.807, 2.05) is 6.92 Å². The number of unbranched alkanes of at least 4 members (excludes halogenated alkanes) is 4. The molecule has 28 heavy (non-hydrogen) atoms. The SMILES string of the molecule is C#CN(C(N)=O)C(OCCCC)C(OCCCC)(OCCCC)OCCCC. The van der Waals surface area contributed by atoms with Crippen molar-refractivity contribution in [1.29, 1.82) is 0 Å². The third-order valence-electron chi connectivity index (χ3n) is 4.09. The van der Waals surface area contributed by atoms with E-state index in [1.54, 1.807) is 0 Å². The van der Waals surface area contributed by atoms with Gasteiger partial charge in [0.1, 0.15) is 0 Å². The van der Waals surface area contributed by atoms with E-state index >= 15 is 0 Å². The minimum atomic E-state index is -1.62. The van der Waals surface area contributed by atoms with Crippen molar-refractivity contribution in [2.24, 2.45) is 5.73 Å². The van der Waals surface area contributed by atoms with E-state index in [4.69, 9.17) is 31.1 Å². The van der Waals surface area contributed by atoms with E-state index in [2.05, 4.69) is 26.8 Å². The highest BCUT2D eigenvalue weighted by Gasteiger charge is 2.49. The Morgan fingerprint density at radius 3 is 1.61 bits per heavy atom. The van der Waals surface area contributed by atoms with E-state index in [9.17, 15) is 4.79 Å². The Bertz CT molecular complexity index is 412. The van der Waals surface area contributed by atoms with Crippen molar-refractivity contribution in [2.45, 2.75) is 91.3 Å². The van der Waals surface area contributed by atoms with Crippen molar-refractivity contribution in [2.75, 3.05) is 26.4 Å². The molecule has 0 aliphatic rings. The Balaban J connectivity index is 5.84. The van der Waals surface area contributed by atoms with Gasteiger partial charge in [0.25, 0.3) is 0 Å². The second-order valence-electron chi connectivity index (χ2n) is 6.62. The second-order valence-corrected chi connectivity index (χ2v) is 6.62. The van der Waals surface area contributed by atoms with Gasteiger partial charge in [-0.3, -0.25) is 0 Å². The molecule has 0 saturated heterocycles. The molecule has 2 amide bonds. The summed E-state index contributed by atoms with van der Waals surface area (Å²) in [7, 11) is 0. The maximum absolute atomic E-state index is 12.0. The minimum Gasteiger partial charge on any atom is -0.351 e. The highest BCUT2D eigenvalue weighted by atomic mass is 16.9. The first-order valence-electron chi connectivity index (χ1n) is 10.6. The van der Waals surface area contributed by atoms with Crippen LogP contribution in [0.4, 0.5) is 4.79 Å². The monoisotopic (exact) mass is 400 g/mol. The van der Waals surface area contributed by atoms with Crippen LogP contribution in [-0.4, -0.2) is 49.6 Å². The Kier molecular flexibility index (Phi) is 15.8. The van der Waals surface area contributed by atoms with Crippen LogP contribution in [0, 0.1) is 12.5 Å². The van der Waals surface area contributed by atoms with Gasteiger partial charge >= 0.3 is 12.0 Å². The zero-order chi connectivity index (χ0) is 21.3. The van der Waals surface area contributed by atoms with Gasteiger partial charge in [0, 0.05) is 12.7 Å². The normalized spacial score (nSPS) is 12.5. The maximum Gasteiger partial charge on any atom is 0.332 e. The van der Waals surface area contributed by atoms with Crippen LogP contribution in [0.1, 0.15) is 79.1 Å². The van der Waals surface area contributed by atoms with Crippen molar-refractivity contribution in [3.8, 4) is 12.5 Å². The summed E-state index contributed by atoms with van der Waals surface area (Å²) >= 11 is 0. The molecular weight excluding hydrogens is 360 g/mol. The molecule has 7 nitrogen and oxygen atoms in total. The number of amides is 2. The zero-order valence-electron chi connectivity index (χ0n) is 18.2. The van der Waals surface area contributed by atoms with E-state index in [-0.39, 0.29) is 0 Å². The van der Waals surface area contributed by atoms with E-state index in [1.165, 1.54) is 0 Å². The molecular formula is C21H40N2O5. The molecule has 0 bridgehead atoms. The summed E-state index contributed by atoms with van der Waals surface area (Å²) in [6.07, 6.45) is 11.5. The molecule has 0 aromatic heterocycles. The van der Waals surface area contributed by atoms with Crippen molar-refractivity contribution >= 4 is 6.03 Å². The van der Waals surface area contributed by atoms with E-state index in [0.717, 1.165) is 56.3 Å². The number of terminal acetylenes is 1. The molecule has 1 unspecified atom stereocenters. The lowest BCUT2D eigenvalue weighted by Crippen LogP contribution is -2.60. The molecule has 7 heteroatoms. The maximum atomic E-state index is 12.0. The van der Waals surface area contributed by atoms with Gasteiger partial charge in [-0.25, -0.2) is 9.69 Å². The van der Waals surface area contributed by atoms with Gasteiger partial charge < -0.3 is 24.7 Å². The van der Waals surface area contributed by atoms with Gasteiger partial charge in [-0.1, -0.05) is 59.8 Å². The molecule has 0 aromatic rings. The van der Waals surface area contributed by atoms with Gasteiger partial charge in [0.05, 0.1) is 19.8 Å². The van der Waals surface area contributed by atoms with E-state index in [0.29, 0.717) is 26.4 Å². The predicted octanol–water partition coefficient (Wildman–Crippen LogP) is 4.20. The van der Waals surface area contributed by atoms with Crippen LogP contribution in [0.25, 0.3) is 0 Å². The first kappa shape index (κ1) is 26.7. The lowest BCUT2D eigenvalue weighted by Gasteiger charge is -2.41. The largest absolute Gasteiger partial charge is 0.351 e. The number of urea groups is 1. The summed E-state index contributed by atoms with van der Waals surface area (Å²) in [5.41, 5.74) is 5.51. The third-order valence-corrected chi connectivity index (χ3v) is 4.09. The Morgan fingerprint density at radius 1 is 0.893 bits per heavy atom. The average Bonchev–Trinajstić information content (AvgIpc) is 2.67. The minimum absolute atomic E-state index is 0.375. The van der Waals surface area contributed by atoms with E-state index < -0.39 is 18.2 Å². The Hall–Kier alpha value is -1.33. The van der Waals surface area contributed by atoms with Crippen LogP contribution in [-0.2, 0) is 18.9 Å². The number of carbonyl (C=O) groups excluding carboxylic acids is 1. The van der Waals surface area contributed by atoms with Gasteiger partial charge in [0.2, 0.25) is 6.23 Å². The number of nitrogens with two attached hydrogens (primary N) is 1. The number of rotatable bonds is 18. The molecule has 0 radical (unpaired) electrons. The Labute approximate surface area is 171 Å². The van der Waals surface area contributed by atoms with Crippen LogP contribution in [0.5, 0.6) is 0 Å². The molecule has 0 aliphatic carbocycles. The lowest BCUT2D eigenvalue weighted by molar-refractivity contribution is -0.430. The quantitative estimate of drug-likeness (QED) is 0.161. The van der Waals surface area contributed by atoms with Crippen molar-refractivity contribution in [1.82, 2.24) is 4.90 Å². The standard InChI is InChI=1S/C21H40N2O5/c1-6-11-15-25-19(23(10-5)20(22)24)21(26-16-12-7-2,27-17-13-8-3)28-18-14-9-4/h5,19H,6-9,11-18H2,1-4H3,(H2,22,24). The third kappa shape index (κ3) is 9.74. The highest BCUT2D eigenvalue weighted by molar-refractivity contribution is 5.74. The topological polar surface area (TPSA) is 83.3 Å². The van der Waals surface area contributed by atoms with Crippen LogP contribution in [0.2, 0.25) is 0 Å². The van der Waals surface area contributed by atoms with Crippen LogP contribution in [0.3, 0.4) is 0 Å². The van der Waals surface area contributed by atoms with Gasteiger partial charge in [0.15, 0.2) is 0 Å². The number of primary amides is 1. The number of nitrogens with zero attached hydrogens (tertiary/aromatic N) is 1. The molecule has 0 heterocycles. The summed E-state index contributed by atoms with van der Waals surface area (Å²) in [4.78, 5) is 13.0. The first-order chi connectivity index (χ1) is 13.5. The highest BCUT2D eigenvalue weighted by Crippen LogP contribution is 2.28. The number of carbonyl (C=O) groups is 1. The van der Waals surface area contributed by atoms with Crippen molar-refractivity contribution < 1.29 is 23.7 Å². The molecule has 0 rings (SSSR count). The molecule has 0 aliphatic heterocycles. The number of ether oxygens (including phenoxy) is 4. The summed E-state index contributed by atoms with van der Waals surface area (Å²) in [6, 6.07) is 1.48. The molecule has 0 saturated carbocycles. The van der Waals surface area contributed by atoms with Crippen molar-refractivity contribution in [3.63, 3.8) is 0 Å². The molecule has 2 N–H and O–H groups in total. The van der Waals surface area contributed by atoms with Crippen molar-refractivity contribution in [3.05, 3.63) is 0 Å². The fourth-order valence-electron chi connectivity index (χ4n) is 2.34. The first-order valence-corrected chi connectivity index (χ1v) is 10.6. The molecule has 0 spiro atoms. The summed E-state index contributed by atoms with van der Waals surface area (Å²) in [6.45, 7) is 9.78. The molecule has 164 valence electrons. The summed E-state index contributed by atoms with van der Waals surface area (Å²) in [5.74, 6) is -1.62. The fourth-order valence-corrected chi connectivity index (χ4v) is 2.34.